The molecular weight excluding hydrogens is 210 g/mol. The molecule has 1 heterocycles. The van der Waals surface area contributed by atoms with Crippen molar-refractivity contribution in [3.8, 4) is 0 Å². The van der Waals surface area contributed by atoms with Crippen LogP contribution in [0.25, 0.3) is 0 Å². The fourth-order valence-corrected chi connectivity index (χ4v) is 3.84. The van der Waals surface area contributed by atoms with Crippen molar-refractivity contribution in [1.29, 1.82) is 0 Å². The third-order valence-electron chi connectivity index (χ3n) is 2.89. The second-order valence-electron chi connectivity index (χ2n) is 5.01. The zero-order valence-corrected chi connectivity index (χ0v) is 10.6. The summed E-state index contributed by atoms with van der Waals surface area (Å²) in [5, 5.41) is 3.36. The third kappa shape index (κ3) is 5.52. The highest BCUT2D eigenvalue weighted by molar-refractivity contribution is 7.91. The van der Waals surface area contributed by atoms with Crippen LogP contribution in [0.4, 0.5) is 0 Å². The van der Waals surface area contributed by atoms with Crippen molar-refractivity contribution >= 4 is 9.84 Å². The summed E-state index contributed by atoms with van der Waals surface area (Å²) in [6.07, 6.45) is 3.28. The molecule has 0 spiro atoms. The van der Waals surface area contributed by atoms with Crippen LogP contribution in [0, 0.1) is 11.8 Å². The highest BCUT2D eigenvalue weighted by Gasteiger charge is 2.27. The maximum absolute atomic E-state index is 11.2. The van der Waals surface area contributed by atoms with Crippen LogP contribution in [0.5, 0.6) is 0 Å². The lowest BCUT2D eigenvalue weighted by atomic mass is 10.1. The summed E-state index contributed by atoms with van der Waals surface area (Å²) in [4.78, 5) is 0. The fraction of sp³-hybridized carbons (Fsp3) is 1.00. The zero-order valence-electron chi connectivity index (χ0n) is 9.83. The second kappa shape index (κ2) is 5.85. The Kier molecular flexibility index (Phi) is 5.06. The van der Waals surface area contributed by atoms with E-state index in [9.17, 15) is 8.42 Å². The van der Waals surface area contributed by atoms with E-state index in [1.807, 2.05) is 0 Å². The van der Waals surface area contributed by atoms with Crippen molar-refractivity contribution in [3.63, 3.8) is 0 Å². The van der Waals surface area contributed by atoms with Crippen molar-refractivity contribution < 1.29 is 8.42 Å². The molecule has 0 bridgehead atoms. The van der Waals surface area contributed by atoms with Gasteiger partial charge in [0.25, 0.3) is 0 Å². The molecule has 4 heteroatoms. The SMILES string of the molecule is CC(C)CCCNC[C@H]1CCS(=O)(=O)C1. The molecule has 1 fully saturated rings. The highest BCUT2D eigenvalue weighted by Crippen LogP contribution is 2.17. The van der Waals surface area contributed by atoms with Crippen LogP contribution in [-0.2, 0) is 9.84 Å². The van der Waals surface area contributed by atoms with Gasteiger partial charge in [-0.15, -0.1) is 0 Å². The van der Waals surface area contributed by atoms with Crippen molar-refractivity contribution in [2.75, 3.05) is 24.6 Å². The van der Waals surface area contributed by atoms with Crippen LogP contribution in [-0.4, -0.2) is 33.0 Å². The molecule has 0 aromatic carbocycles. The van der Waals surface area contributed by atoms with Crippen LogP contribution in [0.2, 0.25) is 0 Å². The zero-order chi connectivity index (χ0) is 11.3. The molecule has 1 aliphatic rings. The van der Waals surface area contributed by atoms with Gasteiger partial charge in [0.15, 0.2) is 9.84 Å². The summed E-state index contributed by atoms with van der Waals surface area (Å²) in [5.41, 5.74) is 0. The van der Waals surface area contributed by atoms with Crippen LogP contribution >= 0.6 is 0 Å². The lowest BCUT2D eigenvalue weighted by molar-refractivity contribution is 0.485. The van der Waals surface area contributed by atoms with E-state index in [-0.39, 0.29) is 0 Å². The van der Waals surface area contributed by atoms with Gasteiger partial charge in [0.1, 0.15) is 0 Å². The minimum Gasteiger partial charge on any atom is -0.316 e. The first kappa shape index (κ1) is 13.0. The molecule has 0 saturated carbocycles. The minimum absolute atomic E-state index is 0.356. The molecule has 0 amide bonds. The molecule has 1 atom stereocenters. The molecule has 0 radical (unpaired) electrons. The summed E-state index contributed by atoms with van der Waals surface area (Å²) >= 11 is 0. The molecule has 1 rings (SSSR count). The first-order chi connectivity index (χ1) is 6.99. The van der Waals surface area contributed by atoms with E-state index in [4.69, 9.17) is 0 Å². The Morgan fingerprint density at radius 3 is 2.67 bits per heavy atom. The van der Waals surface area contributed by atoms with Crippen LogP contribution < -0.4 is 5.32 Å². The average molecular weight is 233 g/mol. The number of sulfone groups is 1. The predicted molar refractivity (Wildman–Crippen MR) is 63.7 cm³/mol. The number of rotatable bonds is 6. The molecule has 1 saturated heterocycles. The van der Waals surface area contributed by atoms with Crippen molar-refractivity contribution in [1.82, 2.24) is 5.32 Å². The Morgan fingerprint density at radius 1 is 1.40 bits per heavy atom. The summed E-state index contributed by atoms with van der Waals surface area (Å²) in [6.45, 7) is 6.35. The molecule has 90 valence electrons. The van der Waals surface area contributed by atoms with Gasteiger partial charge in [-0.25, -0.2) is 8.42 Å². The monoisotopic (exact) mass is 233 g/mol. The molecule has 1 aliphatic heterocycles. The summed E-state index contributed by atoms with van der Waals surface area (Å²) in [5.74, 6) is 1.91. The van der Waals surface area contributed by atoms with Gasteiger partial charge in [0.05, 0.1) is 11.5 Å². The highest BCUT2D eigenvalue weighted by atomic mass is 32.2. The Morgan fingerprint density at radius 2 is 2.13 bits per heavy atom. The number of hydrogen-bond acceptors (Lipinski definition) is 3. The van der Waals surface area contributed by atoms with E-state index in [0.717, 1.165) is 25.4 Å². The molecule has 0 aliphatic carbocycles. The van der Waals surface area contributed by atoms with E-state index >= 15 is 0 Å². The maximum Gasteiger partial charge on any atom is 0.150 e. The Balaban J connectivity index is 2.02. The third-order valence-corrected chi connectivity index (χ3v) is 4.73. The van der Waals surface area contributed by atoms with Gasteiger partial charge in [-0.3, -0.25) is 0 Å². The lowest BCUT2D eigenvalue weighted by Gasteiger charge is -2.10. The Bertz CT molecular complexity index is 272. The Hall–Kier alpha value is -0.0900. The van der Waals surface area contributed by atoms with Gasteiger partial charge in [-0.2, -0.15) is 0 Å². The molecule has 0 aromatic heterocycles. The molecule has 0 unspecified atom stereocenters. The molecule has 3 nitrogen and oxygen atoms in total. The summed E-state index contributed by atoms with van der Waals surface area (Å²) < 4.78 is 22.4. The molecule has 1 N–H and O–H groups in total. The smallest absolute Gasteiger partial charge is 0.150 e. The van der Waals surface area contributed by atoms with Gasteiger partial charge in [-0.05, 0) is 44.2 Å². The molecular formula is C11H23NO2S. The van der Waals surface area contributed by atoms with E-state index in [0.29, 0.717) is 17.4 Å². The predicted octanol–water partition coefficient (Wildman–Crippen LogP) is 1.45. The number of hydrogen-bond donors (Lipinski definition) is 1. The summed E-state index contributed by atoms with van der Waals surface area (Å²) in [7, 11) is -2.69. The van der Waals surface area contributed by atoms with Crippen LogP contribution in [0.15, 0.2) is 0 Å². The van der Waals surface area contributed by atoms with Gasteiger partial charge in [-0.1, -0.05) is 13.8 Å². The standard InChI is InChI=1S/C11H23NO2S/c1-10(2)4-3-6-12-8-11-5-7-15(13,14)9-11/h10-12H,3-9H2,1-2H3/t11-/m1/s1. The normalized spacial score (nSPS) is 24.9. The minimum atomic E-state index is -2.69. The largest absolute Gasteiger partial charge is 0.316 e. The summed E-state index contributed by atoms with van der Waals surface area (Å²) in [6, 6.07) is 0. The van der Waals surface area contributed by atoms with Gasteiger partial charge >= 0.3 is 0 Å². The topological polar surface area (TPSA) is 46.2 Å². The van der Waals surface area contributed by atoms with Crippen molar-refractivity contribution in [3.05, 3.63) is 0 Å². The van der Waals surface area contributed by atoms with Gasteiger partial charge in [0.2, 0.25) is 0 Å². The maximum atomic E-state index is 11.2. The average Bonchev–Trinajstić information content (AvgIpc) is 2.44. The van der Waals surface area contributed by atoms with Crippen molar-refractivity contribution in [2.24, 2.45) is 11.8 Å². The van der Waals surface area contributed by atoms with E-state index in [2.05, 4.69) is 19.2 Å². The van der Waals surface area contributed by atoms with Gasteiger partial charge in [0, 0.05) is 0 Å². The Labute approximate surface area is 93.6 Å². The second-order valence-corrected chi connectivity index (χ2v) is 7.24. The lowest BCUT2D eigenvalue weighted by Crippen LogP contribution is -2.24. The quantitative estimate of drug-likeness (QED) is 0.706. The van der Waals surface area contributed by atoms with Gasteiger partial charge < -0.3 is 5.32 Å². The molecule has 15 heavy (non-hydrogen) atoms. The first-order valence-corrected chi connectivity index (χ1v) is 7.73. The van der Waals surface area contributed by atoms with E-state index < -0.39 is 9.84 Å². The first-order valence-electron chi connectivity index (χ1n) is 5.91. The van der Waals surface area contributed by atoms with Crippen molar-refractivity contribution in [2.45, 2.75) is 33.1 Å². The van der Waals surface area contributed by atoms with Crippen LogP contribution in [0.1, 0.15) is 33.1 Å². The van der Waals surface area contributed by atoms with Crippen LogP contribution in [0.3, 0.4) is 0 Å². The number of nitrogens with one attached hydrogen (secondary N) is 1. The fourth-order valence-electron chi connectivity index (χ4n) is 1.97. The van der Waals surface area contributed by atoms with E-state index in [1.54, 1.807) is 0 Å². The van der Waals surface area contributed by atoms with E-state index in [1.165, 1.54) is 12.8 Å². The molecule has 0 aromatic rings.